The summed E-state index contributed by atoms with van der Waals surface area (Å²) < 4.78 is 0. The number of nitrogens with zero attached hydrogens (tertiary/aromatic N) is 2. The van der Waals surface area contributed by atoms with Crippen LogP contribution >= 0.6 is 0 Å². The first kappa shape index (κ1) is 11.4. The zero-order valence-electron chi connectivity index (χ0n) is 10.1. The molecule has 0 fully saturated rings. The normalized spacial score (nSPS) is 10.5. The Morgan fingerprint density at radius 3 is 2.71 bits per heavy atom. The van der Waals surface area contributed by atoms with Crippen molar-refractivity contribution < 1.29 is 0 Å². The van der Waals surface area contributed by atoms with Crippen LogP contribution in [0.3, 0.4) is 0 Å². The highest BCUT2D eigenvalue weighted by atomic mass is 15.0. The van der Waals surface area contributed by atoms with Gasteiger partial charge >= 0.3 is 0 Å². The molecule has 1 aromatic carbocycles. The number of guanidine groups is 1. The molecule has 0 unspecified atom stereocenters. The summed E-state index contributed by atoms with van der Waals surface area (Å²) in [6.45, 7) is 4.17. The van der Waals surface area contributed by atoms with Crippen LogP contribution in [-0.2, 0) is 6.42 Å². The molecule has 2 rings (SSSR count). The van der Waals surface area contributed by atoms with E-state index in [1.165, 1.54) is 5.56 Å². The maximum absolute atomic E-state index is 5.35. The second-order valence-electron chi connectivity index (χ2n) is 4.04. The summed E-state index contributed by atoms with van der Waals surface area (Å²) in [6, 6.07) is 8.14. The summed E-state index contributed by atoms with van der Waals surface area (Å²) in [5.41, 5.74) is 14.1. The van der Waals surface area contributed by atoms with Gasteiger partial charge in [0, 0.05) is 5.39 Å². The van der Waals surface area contributed by atoms with Gasteiger partial charge in [-0.1, -0.05) is 13.0 Å². The molecule has 0 aliphatic carbocycles. The average Bonchev–Trinajstić information content (AvgIpc) is 2.28. The zero-order chi connectivity index (χ0) is 12.4. The SMILES string of the molecule is CCc1ccc2nc(N=C(N)N)cc(C)c2c1. The van der Waals surface area contributed by atoms with E-state index >= 15 is 0 Å². The molecule has 2 aromatic rings. The summed E-state index contributed by atoms with van der Waals surface area (Å²) in [5, 5.41) is 1.15. The fraction of sp³-hybridized carbons (Fsp3) is 0.231. The second kappa shape index (κ2) is 4.41. The van der Waals surface area contributed by atoms with Crippen molar-refractivity contribution in [2.45, 2.75) is 20.3 Å². The monoisotopic (exact) mass is 228 g/mol. The minimum Gasteiger partial charge on any atom is -0.370 e. The number of aryl methyl sites for hydroxylation is 2. The smallest absolute Gasteiger partial charge is 0.192 e. The lowest BCUT2D eigenvalue weighted by atomic mass is 10.1. The first-order valence-electron chi connectivity index (χ1n) is 5.60. The van der Waals surface area contributed by atoms with Crippen molar-refractivity contribution in [3.8, 4) is 0 Å². The number of benzene rings is 1. The number of rotatable bonds is 2. The van der Waals surface area contributed by atoms with Crippen LogP contribution in [0.15, 0.2) is 29.3 Å². The molecule has 0 saturated heterocycles. The summed E-state index contributed by atoms with van der Waals surface area (Å²) in [4.78, 5) is 8.38. The molecule has 0 aliphatic rings. The van der Waals surface area contributed by atoms with Crippen molar-refractivity contribution in [2.75, 3.05) is 0 Å². The molecule has 0 aliphatic heterocycles. The van der Waals surface area contributed by atoms with Crippen LogP contribution in [-0.4, -0.2) is 10.9 Å². The number of hydrogen-bond acceptors (Lipinski definition) is 2. The van der Waals surface area contributed by atoms with Crippen LogP contribution in [0.2, 0.25) is 0 Å². The summed E-state index contributed by atoms with van der Waals surface area (Å²) in [6.07, 6.45) is 1.02. The van der Waals surface area contributed by atoms with Crippen LogP contribution in [0.4, 0.5) is 5.82 Å². The number of hydrogen-bond donors (Lipinski definition) is 2. The van der Waals surface area contributed by atoms with Gasteiger partial charge in [0.05, 0.1) is 5.52 Å². The van der Waals surface area contributed by atoms with Crippen molar-refractivity contribution in [1.29, 1.82) is 0 Å². The van der Waals surface area contributed by atoms with Gasteiger partial charge in [-0.05, 0) is 42.7 Å². The average molecular weight is 228 g/mol. The van der Waals surface area contributed by atoms with Gasteiger partial charge in [0.25, 0.3) is 0 Å². The van der Waals surface area contributed by atoms with Crippen molar-refractivity contribution in [3.63, 3.8) is 0 Å². The van der Waals surface area contributed by atoms with Crippen molar-refractivity contribution in [2.24, 2.45) is 16.5 Å². The van der Waals surface area contributed by atoms with Crippen LogP contribution in [0, 0.1) is 6.92 Å². The Bertz CT molecular complexity index is 583. The second-order valence-corrected chi connectivity index (χ2v) is 4.04. The molecule has 1 aromatic heterocycles. The molecule has 0 atom stereocenters. The predicted molar refractivity (Wildman–Crippen MR) is 71.3 cm³/mol. The molecule has 1 heterocycles. The molecule has 0 bridgehead atoms. The highest BCUT2D eigenvalue weighted by molar-refractivity contribution is 5.85. The van der Waals surface area contributed by atoms with Gasteiger partial charge in [-0.25, -0.2) is 4.98 Å². The fourth-order valence-corrected chi connectivity index (χ4v) is 1.83. The first-order valence-corrected chi connectivity index (χ1v) is 5.60. The lowest BCUT2D eigenvalue weighted by Crippen LogP contribution is -2.22. The van der Waals surface area contributed by atoms with Crippen LogP contribution in [0.1, 0.15) is 18.1 Å². The van der Waals surface area contributed by atoms with Crippen molar-refractivity contribution in [1.82, 2.24) is 4.98 Å². The number of aliphatic imine (C=N–C) groups is 1. The van der Waals surface area contributed by atoms with Crippen LogP contribution < -0.4 is 11.5 Å². The van der Waals surface area contributed by atoms with E-state index < -0.39 is 0 Å². The predicted octanol–water partition coefficient (Wildman–Crippen LogP) is 2.01. The minimum absolute atomic E-state index is 0.0291. The number of fused-ring (bicyclic) bond motifs is 1. The molecule has 88 valence electrons. The molecule has 0 spiro atoms. The lowest BCUT2D eigenvalue weighted by Gasteiger charge is -2.05. The van der Waals surface area contributed by atoms with Crippen LogP contribution in [0.25, 0.3) is 10.9 Å². The Morgan fingerprint density at radius 2 is 2.06 bits per heavy atom. The van der Waals surface area contributed by atoms with E-state index in [0.29, 0.717) is 5.82 Å². The van der Waals surface area contributed by atoms with E-state index in [1.54, 1.807) is 0 Å². The Labute approximate surface area is 100 Å². The van der Waals surface area contributed by atoms with Crippen LogP contribution in [0.5, 0.6) is 0 Å². The van der Waals surface area contributed by atoms with E-state index in [-0.39, 0.29) is 5.96 Å². The number of aromatic nitrogens is 1. The molecular formula is C13H16N4. The van der Waals surface area contributed by atoms with Gasteiger partial charge in [-0.2, -0.15) is 4.99 Å². The maximum atomic E-state index is 5.35. The standard InChI is InChI=1S/C13H16N4/c1-3-9-4-5-11-10(7-9)8(2)6-12(16-11)17-13(14)15/h4-7H,3H2,1-2H3,(H4,14,15,16,17). The van der Waals surface area contributed by atoms with Gasteiger partial charge in [-0.3, -0.25) is 0 Å². The molecule has 17 heavy (non-hydrogen) atoms. The largest absolute Gasteiger partial charge is 0.370 e. The Hall–Kier alpha value is -2.10. The fourth-order valence-electron chi connectivity index (χ4n) is 1.83. The molecule has 0 saturated carbocycles. The number of pyridine rings is 1. The molecular weight excluding hydrogens is 212 g/mol. The van der Waals surface area contributed by atoms with E-state index in [9.17, 15) is 0 Å². The van der Waals surface area contributed by atoms with Gasteiger partial charge in [-0.15, -0.1) is 0 Å². The first-order chi connectivity index (χ1) is 8.10. The molecule has 4 nitrogen and oxygen atoms in total. The summed E-state index contributed by atoms with van der Waals surface area (Å²) >= 11 is 0. The summed E-state index contributed by atoms with van der Waals surface area (Å²) in [5.74, 6) is 0.584. The molecule has 4 heteroatoms. The third kappa shape index (κ3) is 2.36. The van der Waals surface area contributed by atoms with Crippen molar-refractivity contribution in [3.05, 3.63) is 35.4 Å². The van der Waals surface area contributed by atoms with E-state index in [4.69, 9.17) is 11.5 Å². The zero-order valence-corrected chi connectivity index (χ0v) is 10.1. The van der Waals surface area contributed by atoms with E-state index in [1.807, 2.05) is 19.1 Å². The molecule has 0 radical (unpaired) electrons. The Kier molecular flexibility index (Phi) is 2.95. The highest BCUT2D eigenvalue weighted by Gasteiger charge is 2.03. The van der Waals surface area contributed by atoms with E-state index in [2.05, 4.69) is 29.0 Å². The van der Waals surface area contributed by atoms with E-state index in [0.717, 1.165) is 22.9 Å². The minimum atomic E-state index is 0.0291. The summed E-state index contributed by atoms with van der Waals surface area (Å²) in [7, 11) is 0. The molecule has 4 N–H and O–H groups in total. The topological polar surface area (TPSA) is 77.3 Å². The Morgan fingerprint density at radius 1 is 1.29 bits per heavy atom. The number of nitrogens with two attached hydrogens (primary N) is 2. The third-order valence-electron chi connectivity index (χ3n) is 2.72. The third-order valence-corrected chi connectivity index (χ3v) is 2.72. The van der Waals surface area contributed by atoms with Gasteiger partial charge in [0.2, 0.25) is 0 Å². The lowest BCUT2D eigenvalue weighted by molar-refractivity contribution is 1.14. The Balaban J connectivity index is 2.63. The van der Waals surface area contributed by atoms with Crippen molar-refractivity contribution >= 4 is 22.7 Å². The van der Waals surface area contributed by atoms with Gasteiger partial charge in [0.1, 0.15) is 0 Å². The highest BCUT2D eigenvalue weighted by Crippen LogP contribution is 2.23. The van der Waals surface area contributed by atoms with Gasteiger partial charge in [0.15, 0.2) is 11.8 Å². The molecule has 0 amide bonds. The van der Waals surface area contributed by atoms with Gasteiger partial charge < -0.3 is 11.5 Å². The quantitative estimate of drug-likeness (QED) is 0.609. The maximum Gasteiger partial charge on any atom is 0.192 e.